The van der Waals surface area contributed by atoms with E-state index in [1.807, 2.05) is 13.0 Å². The Labute approximate surface area is 106 Å². The number of carbonyl (C=O) groups is 1. The quantitative estimate of drug-likeness (QED) is 0.811. The Morgan fingerprint density at radius 1 is 1.67 bits per heavy atom. The van der Waals surface area contributed by atoms with E-state index < -0.39 is 0 Å². The van der Waals surface area contributed by atoms with E-state index in [4.69, 9.17) is 4.74 Å². The number of aromatic nitrogens is 2. The van der Waals surface area contributed by atoms with Gasteiger partial charge in [-0.3, -0.25) is 9.48 Å². The van der Waals surface area contributed by atoms with Gasteiger partial charge in [-0.2, -0.15) is 5.10 Å². The second-order valence-corrected chi connectivity index (χ2v) is 4.41. The molecule has 0 saturated carbocycles. The highest BCUT2D eigenvalue weighted by Gasteiger charge is 2.29. The number of rotatable bonds is 3. The van der Waals surface area contributed by atoms with Gasteiger partial charge in [-0.05, 0) is 12.5 Å². The van der Waals surface area contributed by atoms with Crippen molar-refractivity contribution in [3.63, 3.8) is 0 Å². The number of aliphatic hydroxyl groups excluding tert-OH is 1. The first-order chi connectivity index (χ1) is 8.67. The van der Waals surface area contributed by atoms with E-state index >= 15 is 0 Å². The van der Waals surface area contributed by atoms with Gasteiger partial charge in [0.1, 0.15) is 5.69 Å². The zero-order valence-electron chi connectivity index (χ0n) is 10.8. The molecule has 1 atom stereocenters. The molecule has 1 unspecified atom stereocenters. The van der Waals surface area contributed by atoms with E-state index in [1.165, 1.54) is 0 Å². The van der Waals surface area contributed by atoms with Crippen LogP contribution in [-0.4, -0.2) is 58.1 Å². The molecule has 1 aliphatic heterocycles. The summed E-state index contributed by atoms with van der Waals surface area (Å²) in [5, 5.41) is 13.6. The predicted molar refractivity (Wildman–Crippen MR) is 65.3 cm³/mol. The van der Waals surface area contributed by atoms with Crippen molar-refractivity contribution in [1.29, 1.82) is 0 Å². The topological polar surface area (TPSA) is 67.6 Å². The van der Waals surface area contributed by atoms with Crippen molar-refractivity contribution >= 4 is 5.91 Å². The molecule has 18 heavy (non-hydrogen) atoms. The highest BCUT2D eigenvalue weighted by atomic mass is 16.5. The summed E-state index contributed by atoms with van der Waals surface area (Å²) in [5.41, 5.74) is 1.46. The van der Waals surface area contributed by atoms with Gasteiger partial charge in [0.2, 0.25) is 0 Å². The zero-order valence-corrected chi connectivity index (χ0v) is 10.8. The number of ether oxygens (including phenoxy) is 1. The van der Waals surface area contributed by atoms with E-state index in [0.717, 1.165) is 12.1 Å². The van der Waals surface area contributed by atoms with E-state index in [9.17, 15) is 9.90 Å². The van der Waals surface area contributed by atoms with Crippen LogP contribution in [0.1, 0.15) is 23.1 Å². The Hall–Kier alpha value is -1.40. The lowest BCUT2D eigenvalue weighted by atomic mass is 10.2. The van der Waals surface area contributed by atoms with Gasteiger partial charge in [0.15, 0.2) is 0 Å². The number of morpholine rings is 1. The summed E-state index contributed by atoms with van der Waals surface area (Å²) in [7, 11) is 1.76. The van der Waals surface area contributed by atoms with Gasteiger partial charge in [0.25, 0.3) is 5.91 Å². The largest absolute Gasteiger partial charge is 0.394 e. The van der Waals surface area contributed by atoms with E-state index in [1.54, 1.807) is 16.6 Å². The van der Waals surface area contributed by atoms with Crippen LogP contribution >= 0.6 is 0 Å². The van der Waals surface area contributed by atoms with Gasteiger partial charge in [0.05, 0.1) is 31.6 Å². The van der Waals surface area contributed by atoms with E-state index in [2.05, 4.69) is 5.10 Å². The Balaban J connectivity index is 2.20. The molecule has 0 spiro atoms. The molecule has 1 aliphatic rings. The van der Waals surface area contributed by atoms with Crippen molar-refractivity contribution in [2.45, 2.75) is 19.4 Å². The maximum absolute atomic E-state index is 12.4. The Morgan fingerprint density at radius 3 is 3.06 bits per heavy atom. The Kier molecular flexibility index (Phi) is 3.98. The molecule has 2 heterocycles. The maximum Gasteiger partial charge on any atom is 0.272 e. The first kappa shape index (κ1) is 13.0. The van der Waals surface area contributed by atoms with Crippen LogP contribution in [-0.2, 0) is 18.2 Å². The predicted octanol–water partition coefficient (Wildman–Crippen LogP) is -0.184. The lowest BCUT2D eigenvalue weighted by Gasteiger charge is -2.34. The molecule has 2 rings (SSSR count). The summed E-state index contributed by atoms with van der Waals surface area (Å²) < 4.78 is 6.87. The SMILES string of the molecule is CCc1cc(C(=O)N2CCOCC2CO)n(C)n1. The lowest BCUT2D eigenvalue weighted by molar-refractivity contribution is -0.0188. The molecule has 6 nitrogen and oxygen atoms in total. The number of aryl methyl sites for hydroxylation is 2. The number of hydrogen-bond acceptors (Lipinski definition) is 4. The van der Waals surface area contributed by atoms with Gasteiger partial charge in [0, 0.05) is 13.6 Å². The lowest BCUT2D eigenvalue weighted by Crippen LogP contribution is -2.50. The van der Waals surface area contributed by atoms with Gasteiger partial charge < -0.3 is 14.7 Å². The summed E-state index contributed by atoms with van der Waals surface area (Å²) in [4.78, 5) is 14.1. The summed E-state index contributed by atoms with van der Waals surface area (Å²) in [6, 6.07) is 1.55. The van der Waals surface area contributed by atoms with Crippen LogP contribution in [0.25, 0.3) is 0 Å². The van der Waals surface area contributed by atoms with E-state index in [-0.39, 0.29) is 18.6 Å². The smallest absolute Gasteiger partial charge is 0.272 e. The molecule has 0 aromatic carbocycles. The summed E-state index contributed by atoms with van der Waals surface area (Å²) in [5.74, 6) is -0.0907. The molecule has 1 amide bonds. The minimum atomic E-state index is -0.258. The van der Waals surface area contributed by atoms with Crippen LogP contribution in [0.3, 0.4) is 0 Å². The molecule has 0 bridgehead atoms. The molecule has 0 radical (unpaired) electrons. The fourth-order valence-corrected chi connectivity index (χ4v) is 2.12. The van der Waals surface area contributed by atoms with Gasteiger partial charge in [-0.15, -0.1) is 0 Å². The van der Waals surface area contributed by atoms with Crippen molar-refractivity contribution < 1.29 is 14.6 Å². The first-order valence-corrected chi connectivity index (χ1v) is 6.19. The summed E-state index contributed by atoms with van der Waals surface area (Å²) in [6.45, 7) is 3.34. The second-order valence-electron chi connectivity index (χ2n) is 4.41. The third-order valence-corrected chi connectivity index (χ3v) is 3.21. The van der Waals surface area contributed by atoms with Crippen molar-refractivity contribution in [2.75, 3.05) is 26.4 Å². The van der Waals surface area contributed by atoms with Crippen molar-refractivity contribution in [3.05, 3.63) is 17.5 Å². The van der Waals surface area contributed by atoms with E-state index in [0.29, 0.717) is 25.5 Å². The molecular formula is C12H19N3O3. The molecule has 1 aromatic heterocycles. The Bertz CT molecular complexity index is 430. The average molecular weight is 253 g/mol. The standard InChI is InChI=1S/C12H19N3O3/c1-3-9-6-11(14(2)13-9)12(17)15-4-5-18-8-10(15)7-16/h6,10,16H,3-5,7-8H2,1-2H3. The third-order valence-electron chi connectivity index (χ3n) is 3.21. The molecule has 6 heteroatoms. The number of carbonyl (C=O) groups excluding carboxylic acids is 1. The highest BCUT2D eigenvalue weighted by molar-refractivity contribution is 5.93. The molecule has 1 fully saturated rings. The molecule has 1 N–H and O–H groups in total. The van der Waals surface area contributed by atoms with Crippen LogP contribution < -0.4 is 0 Å². The minimum absolute atomic E-state index is 0.0791. The van der Waals surface area contributed by atoms with Crippen LogP contribution in [0.5, 0.6) is 0 Å². The number of nitrogens with zero attached hydrogens (tertiary/aromatic N) is 3. The molecule has 1 aromatic rings. The number of hydrogen-bond donors (Lipinski definition) is 1. The molecular weight excluding hydrogens is 234 g/mol. The van der Waals surface area contributed by atoms with Crippen molar-refractivity contribution in [3.8, 4) is 0 Å². The normalized spacial score (nSPS) is 20.2. The maximum atomic E-state index is 12.4. The minimum Gasteiger partial charge on any atom is -0.394 e. The second kappa shape index (κ2) is 5.49. The van der Waals surface area contributed by atoms with Gasteiger partial charge >= 0.3 is 0 Å². The average Bonchev–Trinajstić information content (AvgIpc) is 2.79. The molecule has 0 aliphatic carbocycles. The summed E-state index contributed by atoms with van der Waals surface area (Å²) >= 11 is 0. The van der Waals surface area contributed by atoms with Crippen LogP contribution in [0, 0.1) is 0 Å². The van der Waals surface area contributed by atoms with Crippen LogP contribution in [0.15, 0.2) is 6.07 Å². The monoisotopic (exact) mass is 253 g/mol. The third kappa shape index (κ3) is 2.39. The van der Waals surface area contributed by atoms with Crippen LogP contribution in [0.4, 0.5) is 0 Å². The first-order valence-electron chi connectivity index (χ1n) is 6.19. The van der Waals surface area contributed by atoms with Crippen molar-refractivity contribution in [1.82, 2.24) is 14.7 Å². The number of amides is 1. The molecule has 1 saturated heterocycles. The Morgan fingerprint density at radius 2 is 2.44 bits per heavy atom. The zero-order chi connectivity index (χ0) is 13.1. The van der Waals surface area contributed by atoms with Crippen LogP contribution in [0.2, 0.25) is 0 Å². The molecule has 100 valence electrons. The van der Waals surface area contributed by atoms with Gasteiger partial charge in [-0.1, -0.05) is 6.92 Å². The number of aliphatic hydroxyl groups is 1. The fourth-order valence-electron chi connectivity index (χ4n) is 2.12. The van der Waals surface area contributed by atoms with Gasteiger partial charge in [-0.25, -0.2) is 0 Å². The highest BCUT2D eigenvalue weighted by Crippen LogP contribution is 2.13. The summed E-state index contributed by atoms with van der Waals surface area (Å²) in [6.07, 6.45) is 0.799. The van der Waals surface area contributed by atoms with Crippen molar-refractivity contribution in [2.24, 2.45) is 7.05 Å². The fraction of sp³-hybridized carbons (Fsp3) is 0.667.